The minimum absolute atomic E-state index is 0.191. The van der Waals surface area contributed by atoms with Crippen molar-refractivity contribution in [1.29, 1.82) is 0 Å². The van der Waals surface area contributed by atoms with Crippen LogP contribution in [0.15, 0.2) is 0 Å². The van der Waals surface area contributed by atoms with E-state index >= 15 is 0 Å². The monoisotopic (exact) mass is 282 g/mol. The van der Waals surface area contributed by atoms with Crippen LogP contribution in [0.2, 0.25) is 0 Å². The maximum atomic E-state index is 12.7. The standard InChI is InChI=1S/C11H20F2N2O2S/c1-2-5-15(18(16,17)11(12)13)10-6-8-3-4-9(7-10)14-8/h8-11,14H,2-7H2,1H3. The number of hydrogen-bond donors (Lipinski definition) is 1. The molecule has 2 aliphatic rings. The smallest absolute Gasteiger partial charge is 0.311 e. The van der Waals surface area contributed by atoms with Gasteiger partial charge >= 0.3 is 5.76 Å². The maximum Gasteiger partial charge on any atom is 0.350 e. The highest BCUT2D eigenvalue weighted by Gasteiger charge is 2.42. The number of nitrogens with one attached hydrogen (secondary N) is 1. The van der Waals surface area contributed by atoms with Gasteiger partial charge in [0, 0.05) is 24.7 Å². The molecular formula is C11H20F2N2O2S. The predicted octanol–water partition coefficient (Wildman–Crippen LogP) is 1.53. The summed E-state index contributed by atoms with van der Waals surface area (Å²) in [7, 11) is -4.45. The molecule has 0 radical (unpaired) electrons. The molecule has 106 valence electrons. The SMILES string of the molecule is CCCN(C1CC2CCC(C1)N2)S(=O)(=O)C(F)F. The van der Waals surface area contributed by atoms with Crippen LogP contribution in [0.4, 0.5) is 8.78 Å². The Balaban J connectivity index is 2.15. The average molecular weight is 282 g/mol. The van der Waals surface area contributed by atoms with Gasteiger partial charge in [-0.05, 0) is 32.1 Å². The maximum absolute atomic E-state index is 12.7. The van der Waals surface area contributed by atoms with Crippen molar-refractivity contribution in [3.8, 4) is 0 Å². The molecule has 0 aliphatic carbocycles. The van der Waals surface area contributed by atoms with Crippen LogP contribution in [0.1, 0.15) is 39.0 Å². The van der Waals surface area contributed by atoms with Gasteiger partial charge in [-0.2, -0.15) is 13.1 Å². The van der Waals surface area contributed by atoms with Gasteiger partial charge in [-0.15, -0.1) is 0 Å². The first kappa shape index (κ1) is 14.1. The Morgan fingerprint density at radius 1 is 1.28 bits per heavy atom. The van der Waals surface area contributed by atoms with E-state index in [4.69, 9.17) is 0 Å². The Hall–Kier alpha value is -0.270. The second-order valence-electron chi connectivity index (χ2n) is 5.18. The molecular weight excluding hydrogens is 262 g/mol. The van der Waals surface area contributed by atoms with Crippen molar-refractivity contribution >= 4 is 10.0 Å². The van der Waals surface area contributed by atoms with Crippen molar-refractivity contribution in [3.63, 3.8) is 0 Å². The number of hydrogen-bond acceptors (Lipinski definition) is 3. The molecule has 0 spiro atoms. The van der Waals surface area contributed by atoms with Crippen LogP contribution in [0.25, 0.3) is 0 Å². The summed E-state index contributed by atoms with van der Waals surface area (Å²) >= 11 is 0. The normalized spacial score (nSPS) is 32.4. The van der Waals surface area contributed by atoms with Gasteiger partial charge < -0.3 is 5.32 Å². The first-order valence-electron chi connectivity index (χ1n) is 6.50. The molecule has 2 heterocycles. The van der Waals surface area contributed by atoms with Gasteiger partial charge in [0.1, 0.15) is 0 Å². The van der Waals surface area contributed by atoms with Crippen molar-refractivity contribution in [2.75, 3.05) is 6.54 Å². The molecule has 2 unspecified atom stereocenters. The second kappa shape index (κ2) is 5.38. The zero-order valence-corrected chi connectivity index (χ0v) is 11.3. The van der Waals surface area contributed by atoms with Gasteiger partial charge in [0.25, 0.3) is 10.0 Å². The number of halogens is 2. The molecule has 2 aliphatic heterocycles. The van der Waals surface area contributed by atoms with Crippen LogP contribution in [0.5, 0.6) is 0 Å². The molecule has 2 bridgehead atoms. The highest BCUT2D eigenvalue weighted by molar-refractivity contribution is 7.89. The average Bonchev–Trinajstić information content (AvgIpc) is 2.64. The lowest BCUT2D eigenvalue weighted by atomic mass is 10.00. The largest absolute Gasteiger partial charge is 0.350 e. The van der Waals surface area contributed by atoms with Crippen molar-refractivity contribution < 1.29 is 17.2 Å². The van der Waals surface area contributed by atoms with Crippen LogP contribution in [-0.2, 0) is 10.0 Å². The minimum Gasteiger partial charge on any atom is -0.311 e. The molecule has 2 fully saturated rings. The Bertz CT molecular complexity index is 377. The van der Waals surface area contributed by atoms with E-state index in [-0.39, 0.29) is 12.6 Å². The molecule has 0 aromatic heterocycles. The van der Waals surface area contributed by atoms with Crippen LogP contribution < -0.4 is 5.32 Å². The Morgan fingerprint density at radius 3 is 2.28 bits per heavy atom. The summed E-state index contributed by atoms with van der Waals surface area (Å²) in [5.74, 6) is -3.31. The first-order valence-corrected chi connectivity index (χ1v) is 8.00. The molecule has 0 saturated carbocycles. The molecule has 7 heteroatoms. The molecule has 0 aromatic carbocycles. The van der Waals surface area contributed by atoms with Gasteiger partial charge in [-0.3, -0.25) is 0 Å². The lowest BCUT2D eigenvalue weighted by molar-refractivity contribution is 0.185. The summed E-state index contributed by atoms with van der Waals surface area (Å²) < 4.78 is 49.9. The Labute approximate surface area is 107 Å². The van der Waals surface area contributed by atoms with Crippen molar-refractivity contribution in [2.24, 2.45) is 0 Å². The number of fused-ring (bicyclic) bond motifs is 2. The fraction of sp³-hybridized carbons (Fsp3) is 1.00. The summed E-state index contributed by atoms with van der Waals surface area (Å²) in [5, 5.41) is 3.39. The quantitative estimate of drug-likeness (QED) is 0.832. The zero-order valence-electron chi connectivity index (χ0n) is 10.5. The third kappa shape index (κ3) is 2.67. The van der Waals surface area contributed by atoms with Crippen LogP contribution in [0, 0.1) is 0 Å². The molecule has 2 rings (SSSR count). The lowest BCUT2D eigenvalue weighted by Gasteiger charge is -2.36. The third-order valence-electron chi connectivity index (χ3n) is 3.85. The summed E-state index contributed by atoms with van der Waals surface area (Å²) in [5.41, 5.74) is 0. The summed E-state index contributed by atoms with van der Waals surface area (Å²) in [6.07, 6.45) is 3.92. The van der Waals surface area contributed by atoms with E-state index in [0.717, 1.165) is 17.1 Å². The number of rotatable bonds is 5. The van der Waals surface area contributed by atoms with Crippen molar-refractivity contribution in [3.05, 3.63) is 0 Å². The van der Waals surface area contributed by atoms with E-state index in [1.54, 1.807) is 0 Å². The van der Waals surface area contributed by atoms with E-state index in [2.05, 4.69) is 5.32 Å². The zero-order chi connectivity index (χ0) is 13.3. The van der Waals surface area contributed by atoms with E-state index in [1.807, 2.05) is 6.92 Å². The fourth-order valence-corrected chi connectivity index (χ4v) is 4.33. The molecule has 4 nitrogen and oxygen atoms in total. The lowest BCUT2D eigenvalue weighted by Crippen LogP contribution is -2.51. The molecule has 0 amide bonds. The Kier molecular flexibility index (Phi) is 4.23. The molecule has 2 saturated heterocycles. The van der Waals surface area contributed by atoms with Gasteiger partial charge in [-0.1, -0.05) is 6.92 Å². The third-order valence-corrected chi connectivity index (χ3v) is 5.44. The second-order valence-corrected chi connectivity index (χ2v) is 7.03. The topological polar surface area (TPSA) is 49.4 Å². The van der Waals surface area contributed by atoms with E-state index in [0.29, 0.717) is 31.3 Å². The molecule has 1 N–H and O–H groups in total. The number of nitrogens with zero attached hydrogens (tertiary/aromatic N) is 1. The van der Waals surface area contributed by atoms with E-state index in [1.165, 1.54) is 0 Å². The van der Waals surface area contributed by atoms with Gasteiger partial charge in [0.05, 0.1) is 0 Å². The number of sulfonamides is 1. The molecule has 0 aromatic rings. The summed E-state index contributed by atoms with van der Waals surface area (Å²) in [4.78, 5) is 0. The van der Waals surface area contributed by atoms with Gasteiger partial charge in [0.15, 0.2) is 0 Å². The molecule has 18 heavy (non-hydrogen) atoms. The predicted molar refractivity (Wildman–Crippen MR) is 64.9 cm³/mol. The Morgan fingerprint density at radius 2 is 1.83 bits per heavy atom. The van der Waals surface area contributed by atoms with Crippen LogP contribution >= 0.6 is 0 Å². The van der Waals surface area contributed by atoms with E-state index < -0.39 is 15.8 Å². The summed E-state index contributed by atoms with van der Waals surface area (Å²) in [6, 6.07) is 0.324. The van der Waals surface area contributed by atoms with E-state index in [9.17, 15) is 17.2 Å². The van der Waals surface area contributed by atoms with Crippen molar-refractivity contribution in [1.82, 2.24) is 9.62 Å². The van der Waals surface area contributed by atoms with Gasteiger partial charge in [-0.25, -0.2) is 8.42 Å². The highest BCUT2D eigenvalue weighted by Crippen LogP contribution is 2.32. The minimum atomic E-state index is -4.45. The van der Waals surface area contributed by atoms with Crippen molar-refractivity contribution in [2.45, 2.75) is 62.9 Å². The fourth-order valence-electron chi connectivity index (χ4n) is 3.10. The van der Waals surface area contributed by atoms with Crippen LogP contribution in [0.3, 0.4) is 0 Å². The first-order chi connectivity index (χ1) is 8.45. The molecule has 2 atom stereocenters. The number of alkyl halides is 2. The highest BCUT2D eigenvalue weighted by atomic mass is 32.2. The number of piperidine rings is 1. The van der Waals surface area contributed by atoms with Gasteiger partial charge in [0.2, 0.25) is 0 Å². The summed E-state index contributed by atoms with van der Waals surface area (Å²) in [6.45, 7) is 2.00. The van der Waals surface area contributed by atoms with Crippen LogP contribution in [-0.4, -0.2) is 43.2 Å².